The van der Waals surface area contributed by atoms with E-state index in [-0.39, 0.29) is 5.56 Å². The molecule has 0 aliphatic heterocycles. The molecule has 138 valence electrons. The van der Waals surface area contributed by atoms with Gasteiger partial charge in [-0.1, -0.05) is 26.0 Å². The molecule has 2 aromatic carbocycles. The molecule has 0 fully saturated rings. The van der Waals surface area contributed by atoms with Crippen molar-refractivity contribution < 1.29 is 27.5 Å². The molecule has 1 unspecified atom stereocenters. The molecule has 1 amide bonds. The van der Waals surface area contributed by atoms with Gasteiger partial charge in [-0.15, -0.1) is 0 Å². The molecule has 1 N–H and O–H groups in total. The Morgan fingerprint density at radius 1 is 0.923 bits per heavy atom. The van der Waals surface area contributed by atoms with Crippen LogP contribution in [0.25, 0.3) is 0 Å². The topological polar surface area (TPSA) is 55.4 Å². The van der Waals surface area contributed by atoms with Gasteiger partial charge in [-0.3, -0.25) is 4.79 Å². The van der Waals surface area contributed by atoms with Crippen molar-refractivity contribution in [2.45, 2.75) is 32.8 Å². The number of hydrogen-bond acceptors (Lipinski definition) is 3. The number of ether oxygens (including phenoxy) is 1. The van der Waals surface area contributed by atoms with Gasteiger partial charge in [0.05, 0.1) is 11.3 Å². The van der Waals surface area contributed by atoms with Gasteiger partial charge in [0.15, 0.2) is 23.6 Å². The Morgan fingerprint density at radius 3 is 2.12 bits per heavy atom. The molecule has 2 aromatic rings. The predicted molar refractivity (Wildman–Crippen MR) is 90.4 cm³/mol. The third kappa shape index (κ3) is 4.41. The van der Waals surface area contributed by atoms with Crippen LogP contribution in [0.5, 0.6) is 0 Å². The molecular formula is C19H18F3NO3. The maximum atomic E-state index is 13.6. The largest absolute Gasteiger partial charge is 0.449 e. The summed E-state index contributed by atoms with van der Waals surface area (Å²) in [6, 6.07) is 8.28. The number of esters is 1. The first kappa shape index (κ1) is 19.5. The molecule has 0 spiro atoms. The average molecular weight is 365 g/mol. The van der Waals surface area contributed by atoms with Crippen LogP contribution in [0.2, 0.25) is 0 Å². The van der Waals surface area contributed by atoms with Gasteiger partial charge in [0, 0.05) is 0 Å². The van der Waals surface area contributed by atoms with Crippen LogP contribution in [0.4, 0.5) is 18.9 Å². The maximum absolute atomic E-state index is 13.6. The fraction of sp³-hybridized carbons (Fsp3) is 0.263. The number of hydrogen-bond donors (Lipinski definition) is 1. The van der Waals surface area contributed by atoms with Gasteiger partial charge in [0.2, 0.25) is 0 Å². The van der Waals surface area contributed by atoms with Crippen molar-refractivity contribution in [1.82, 2.24) is 0 Å². The Morgan fingerprint density at radius 2 is 1.54 bits per heavy atom. The molecular weight excluding hydrogens is 347 g/mol. The van der Waals surface area contributed by atoms with Crippen LogP contribution in [-0.4, -0.2) is 18.0 Å². The third-order valence-electron chi connectivity index (χ3n) is 3.76. The third-order valence-corrected chi connectivity index (χ3v) is 3.76. The van der Waals surface area contributed by atoms with E-state index in [4.69, 9.17) is 4.74 Å². The molecule has 0 radical (unpaired) electrons. The van der Waals surface area contributed by atoms with Gasteiger partial charge >= 0.3 is 5.97 Å². The summed E-state index contributed by atoms with van der Waals surface area (Å²) in [5.41, 5.74) is 0.757. The normalized spacial score (nSPS) is 12.0. The highest BCUT2D eigenvalue weighted by molar-refractivity contribution is 5.97. The van der Waals surface area contributed by atoms with Crippen LogP contribution < -0.4 is 5.32 Å². The van der Waals surface area contributed by atoms with E-state index in [0.29, 0.717) is 12.0 Å². The average Bonchev–Trinajstić information content (AvgIpc) is 2.62. The number of carbonyl (C=O) groups excluding carboxylic acids is 2. The van der Waals surface area contributed by atoms with Crippen molar-refractivity contribution in [3.63, 3.8) is 0 Å². The molecule has 0 aromatic heterocycles. The second-order valence-corrected chi connectivity index (χ2v) is 6.04. The molecule has 0 heterocycles. The van der Waals surface area contributed by atoms with Gasteiger partial charge in [-0.05, 0) is 42.7 Å². The molecule has 4 nitrogen and oxygen atoms in total. The number of carbonyl (C=O) groups is 2. The standard InChI is InChI=1S/C19H18F3NO3/c1-10(2)12-4-6-13(7-5-12)19(25)26-11(3)18(24)23-15-9-8-14(20)16(21)17(15)22/h4-11H,1-3H3,(H,23,24). The summed E-state index contributed by atoms with van der Waals surface area (Å²) in [7, 11) is 0. The van der Waals surface area contributed by atoms with Crippen molar-refractivity contribution in [2.75, 3.05) is 5.32 Å². The Kier molecular flexibility index (Phi) is 6.02. The number of rotatable bonds is 5. The zero-order valence-corrected chi connectivity index (χ0v) is 14.5. The predicted octanol–water partition coefficient (Wildman–Crippen LogP) is 4.41. The van der Waals surface area contributed by atoms with Gasteiger partial charge in [-0.2, -0.15) is 0 Å². The SMILES string of the molecule is CC(OC(=O)c1ccc(C(C)C)cc1)C(=O)Nc1ccc(F)c(F)c1F. The lowest BCUT2D eigenvalue weighted by atomic mass is 10.0. The van der Waals surface area contributed by atoms with Crippen LogP contribution in [0.15, 0.2) is 36.4 Å². The molecule has 0 saturated carbocycles. The van der Waals surface area contributed by atoms with Crippen LogP contribution >= 0.6 is 0 Å². The zero-order valence-electron chi connectivity index (χ0n) is 14.5. The van der Waals surface area contributed by atoms with E-state index in [1.54, 1.807) is 24.3 Å². The van der Waals surface area contributed by atoms with E-state index < -0.39 is 41.1 Å². The summed E-state index contributed by atoms with van der Waals surface area (Å²) in [5, 5.41) is 2.06. The van der Waals surface area contributed by atoms with Gasteiger partial charge < -0.3 is 10.1 Å². The summed E-state index contributed by atoms with van der Waals surface area (Å²) in [4.78, 5) is 24.1. The summed E-state index contributed by atoms with van der Waals surface area (Å²) in [6.45, 7) is 5.31. The lowest BCUT2D eigenvalue weighted by molar-refractivity contribution is -0.123. The number of amides is 1. The molecule has 2 rings (SSSR count). The summed E-state index contributed by atoms with van der Waals surface area (Å²) in [6.07, 6.45) is -1.26. The lowest BCUT2D eigenvalue weighted by Gasteiger charge is -2.14. The summed E-state index contributed by atoms with van der Waals surface area (Å²) < 4.78 is 44.7. The molecule has 0 aliphatic carbocycles. The van der Waals surface area contributed by atoms with E-state index in [0.717, 1.165) is 11.6 Å². The van der Waals surface area contributed by atoms with Crippen LogP contribution in [-0.2, 0) is 9.53 Å². The highest BCUT2D eigenvalue weighted by atomic mass is 19.2. The monoisotopic (exact) mass is 365 g/mol. The first-order chi connectivity index (χ1) is 12.2. The highest BCUT2D eigenvalue weighted by Crippen LogP contribution is 2.20. The minimum absolute atomic E-state index is 0.257. The van der Waals surface area contributed by atoms with Gasteiger partial charge in [0.25, 0.3) is 5.91 Å². The van der Waals surface area contributed by atoms with E-state index in [1.165, 1.54) is 6.92 Å². The van der Waals surface area contributed by atoms with E-state index in [1.807, 2.05) is 13.8 Å². The second kappa shape index (κ2) is 8.03. The molecule has 26 heavy (non-hydrogen) atoms. The first-order valence-corrected chi connectivity index (χ1v) is 7.96. The highest BCUT2D eigenvalue weighted by Gasteiger charge is 2.22. The molecule has 1 atom stereocenters. The minimum Gasteiger partial charge on any atom is -0.449 e. The van der Waals surface area contributed by atoms with E-state index in [2.05, 4.69) is 5.32 Å². The maximum Gasteiger partial charge on any atom is 0.338 e. The van der Waals surface area contributed by atoms with Crippen molar-refractivity contribution in [3.8, 4) is 0 Å². The van der Waals surface area contributed by atoms with Crippen molar-refractivity contribution in [3.05, 3.63) is 65.0 Å². The van der Waals surface area contributed by atoms with Crippen molar-refractivity contribution in [2.24, 2.45) is 0 Å². The first-order valence-electron chi connectivity index (χ1n) is 7.96. The lowest BCUT2D eigenvalue weighted by Crippen LogP contribution is -2.30. The molecule has 0 bridgehead atoms. The summed E-state index contributed by atoms with van der Waals surface area (Å²) in [5.74, 6) is -5.89. The number of benzene rings is 2. The smallest absolute Gasteiger partial charge is 0.338 e. The van der Waals surface area contributed by atoms with E-state index in [9.17, 15) is 22.8 Å². The fourth-order valence-corrected chi connectivity index (χ4v) is 2.14. The van der Waals surface area contributed by atoms with Crippen LogP contribution in [0.1, 0.15) is 42.6 Å². The van der Waals surface area contributed by atoms with Crippen molar-refractivity contribution in [1.29, 1.82) is 0 Å². The van der Waals surface area contributed by atoms with Gasteiger partial charge in [0.1, 0.15) is 0 Å². The fourth-order valence-electron chi connectivity index (χ4n) is 2.14. The Labute approximate surface area is 149 Å². The number of halogens is 3. The minimum atomic E-state index is -1.70. The molecule has 0 saturated heterocycles. The Balaban J connectivity index is 2.02. The van der Waals surface area contributed by atoms with Crippen LogP contribution in [0.3, 0.4) is 0 Å². The quantitative estimate of drug-likeness (QED) is 0.631. The number of anilines is 1. The van der Waals surface area contributed by atoms with Crippen LogP contribution in [0, 0.1) is 17.5 Å². The number of nitrogens with one attached hydrogen (secondary N) is 1. The van der Waals surface area contributed by atoms with E-state index >= 15 is 0 Å². The summed E-state index contributed by atoms with van der Waals surface area (Å²) >= 11 is 0. The second-order valence-electron chi connectivity index (χ2n) is 6.04. The zero-order chi connectivity index (χ0) is 19.4. The Bertz CT molecular complexity index is 820. The Hall–Kier alpha value is -2.83. The van der Waals surface area contributed by atoms with Gasteiger partial charge in [-0.25, -0.2) is 18.0 Å². The van der Waals surface area contributed by atoms with Crippen molar-refractivity contribution >= 4 is 17.6 Å². The molecule has 7 heteroatoms. The molecule has 0 aliphatic rings.